The summed E-state index contributed by atoms with van der Waals surface area (Å²) >= 11 is 7.92. The van der Waals surface area contributed by atoms with Crippen LogP contribution in [0.4, 0.5) is 10.8 Å². The molecule has 0 aliphatic carbocycles. The molecule has 0 bridgehead atoms. The summed E-state index contributed by atoms with van der Waals surface area (Å²) in [7, 11) is 0. The number of benzene rings is 1. The molecule has 1 aromatic carbocycles. The Bertz CT molecular complexity index is 1090. The number of hydrogen-bond acceptors (Lipinski definition) is 7. The zero-order valence-corrected chi connectivity index (χ0v) is 19.3. The van der Waals surface area contributed by atoms with E-state index in [2.05, 4.69) is 14.9 Å². The van der Waals surface area contributed by atoms with E-state index in [9.17, 15) is 4.79 Å². The van der Waals surface area contributed by atoms with E-state index < -0.39 is 5.60 Å². The van der Waals surface area contributed by atoms with Gasteiger partial charge in [-0.05, 0) is 46.8 Å². The van der Waals surface area contributed by atoms with E-state index in [1.54, 1.807) is 22.3 Å². The molecule has 0 radical (unpaired) electrons. The van der Waals surface area contributed by atoms with Crippen LogP contribution in [0.15, 0.2) is 22.7 Å². The van der Waals surface area contributed by atoms with Crippen molar-refractivity contribution in [2.24, 2.45) is 0 Å². The SMILES string of the molecule is Cc1cnc(-c2cc(Cl)cc3nc(N4CCN(C(=O)OC(C)(C)C)CC4C)oc23)s1. The molecule has 2 aromatic heterocycles. The number of carbonyl (C=O) groups is 1. The van der Waals surface area contributed by atoms with Gasteiger partial charge in [-0.25, -0.2) is 9.78 Å². The molecule has 1 saturated heterocycles. The second-order valence-electron chi connectivity index (χ2n) is 8.54. The summed E-state index contributed by atoms with van der Waals surface area (Å²) in [4.78, 5) is 26.5. The van der Waals surface area contributed by atoms with Gasteiger partial charge in [0.25, 0.3) is 6.01 Å². The van der Waals surface area contributed by atoms with Gasteiger partial charge in [-0.1, -0.05) is 11.6 Å². The van der Waals surface area contributed by atoms with Gasteiger partial charge in [-0.2, -0.15) is 4.98 Å². The molecule has 0 spiro atoms. The maximum atomic E-state index is 12.4. The average Bonchev–Trinajstić information content (AvgIpc) is 3.25. The normalized spacial score (nSPS) is 17.6. The number of amides is 1. The van der Waals surface area contributed by atoms with Gasteiger partial charge < -0.3 is 19.0 Å². The molecule has 1 fully saturated rings. The molecule has 30 heavy (non-hydrogen) atoms. The van der Waals surface area contributed by atoms with E-state index in [0.717, 1.165) is 15.4 Å². The second kappa shape index (κ2) is 7.74. The fourth-order valence-electron chi connectivity index (χ4n) is 3.48. The van der Waals surface area contributed by atoms with Crippen LogP contribution in [0.25, 0.3) is 21.7 Å². The van der Waals surface area contributed by atoms with E-state index in [-0.39, 0.29) is 12.1 Å². The van der Waals surface area contributed by atoms with Crippen LogP contribution in [0.5, 0.6) is 0 Å². The number of rotatable bonds is 2. The van der Waals surface area contributed by atoms with Crippen LogP contribution in [0, 0.1) is 6.92 Å². The Morgan fingerprint density at radius 2 is 2.10 bits per heavy atom. The van der Waals surface area contributed by atoms with Crippen LogP contribution in [0.1, 0.15) is 32.6 Å². The number of nitrogens with zero attached hydrogens (tertiary/aromatic N) is 4. The third-order valence-electron chi connectivity index (χ3n) is 4.82. The van der Waals surface area contributed by atoms with Gasteiger partial charge in [0.1, 0.15) is 16.1 Å². The van der Waals surface area contributed by atoms with Crippen molar-refractivity contribution < 1.29 is 13.9 Å². The Morgan fingerprint density at radius 3 is 2.73 bits per heavy atom. The number of ether oxygens (including phenoxy) is 1. The first-order valence-corrected chi connectivity index (χ1v) is 11.1. The maximum absolute atomic E-state index is 12.4. The Morgan fingerprint density at radius 1 is 1.33 bits per heavy atom. The molecule has 160 valence electrons. The van der Waals surface area contributed by atoms with Gasteiger partial charge >= 0.3 is 6.09 Å². The highest BCUT2D eigenvalue weighted by Gasteiger charge is 2.32. The number of thiazole rings is 1. The number of aryl methyl sites for hydroxylation is 1. The van der Waals surface area contributed by atoms with Crippen LogP contribution >= 0.6 is 22.9 Å². The van der Waals surface area contributed by atoms with E-state index >= 15 is 0 Å². The van der Waals surface area contributed by atoms with Crippen molar-refractivity contribution in [1.82, 2.24) is 14.9 Å². The van der Waals surface area contributed by atoms with Crippen LogP contribution in [0.3, 0.4) is 0 Å². The zero-order valence-electron chi connectivity index (χ0n) is 17.7. The number of aromatic nitrogens is 2. The van der Waals surface area contributed by atoms with Crippen molar-refractivity contribution in [3.63, 3.8) is 0 Å². The molecule has 9 heteroatoms. The lowest BCUT2D eigenvalue weighted by Gasteiger charge is -2.39. The van der Waals surface area contributed by atoms with Crippen molar-refractivity contribution in [2.45, 2.75) is 46.3 Å². The molecule has 1 aliphatic heterocycles. The van der Waals surface area contributed by atoms with Crippen LogP contribution in [-0.2, 0) is 4.74 Å². The molecule has 1 unspecified atom stereocenters. The molecule has 7 nitrogen and oxygen atoms in total. The van der Waals surface area contributed by atoms with Gasteiger partial charge in [0.2, 0.25) is 0 Å². The molecular weight excluding hydrogens is 424 g/mol. The predicted octanol–water partition coefficient (Wildman–Crippen LogP) is 5.36. The predicted molar refractivity (Wildman–Crippen MR) is 119 cm³/mol. The highest BCUT2D eigenvalue weighted by atomic mass is 35.5. The van der Waals surface area contributed by atoms with Gasteiger partial charge in [0, 0.05) is 41.8 Å². The molecule has 0 N–H and O–H groups in total. The fourth-order valence-corrected chi connectivity index (χ4v) is 4.47. The minimum absolute atomic E-state index is 0.0281. The van der Waals surface area contributed by atoms with Crippen LogP contribution in [0.2, 0.25) is 5.02 Å². The summed E-state index contributed by atoms with van der Waals surface area (Å²) in [5.41, 5.74) is 1.70. The molecule has 0 saturated carbocycles. The van der Waals surface area contributed by atoms with Crippen LogP contribution < -0.4 is 4.90 Å². The number of piperazine rings is 1. The monoisotopic (exact) mass is 448 g/mol. The third kappa shape index (κ3) is 4.25. The smallest absolute Gasteiger partial charge is 0.410 e. The number of halogens is 1. The number of oxazole rings is 1. The van der Waals surface area contributed by atoms with Crippen molar-refractivity contribution in [2.75, 3.05) is 24.5 Å². The van der Waals surface area contributed by atoms with Gasteiger partial charge in [-0.3, -0.25) is 0 Å². The summed E-state index contributed by atoms with van der Waals surface area (Å²) in [6, 6.07) is 4.22. The Labute approximate surface area is 184 Å². The Kier molecular flexibility index (Phi) is 5.40. The molecule has 3 aromatic rings. The Balaban J connectivity index is 1.59. The molecule has 1 amide bonds. The van der Waals surface area contributed by atoms with E-state index in [0.29, 0.717) is 41.8 Å². The third-order valence-corrected chi connectivity index (χ3v) is 5.98. The van der Waals surface area contributed by atoms with Crippen molar-refractivity contribution in [3.8, 4) is 10.6 Å². The average molecular weight is 449 g/mol. The number of fused-ring (bicyclic) bond motifs is 1. The summed E-state index contributed by atoms with van der Waals surface area (Å²) in [6.07, 6.45) is 1.54. The Hall–Kier alpha value is -2.32. The number of hydrogen-bond donors (Lipinski definition) is 0. The number of anilines is 1. The number of carbonyl (C=O) groups excluding carboxylic acids is 1. The minimum Gasteiger partial charge on any atom is -0.444 e. The van der Waals surface area contributed by atoms with E-state index in [4.69, 9.17) is 20.8 Å². The first-order chi connectivity index (χ1) is 14.1. The minimum atomic E-state index is -0.512. The lowest BCUT2D eigenvalue weighted by molar-refractivity contribution is 0.0216. The molecule has 1 aliphatic rings. The van der Waals surface area contributed by atoms with Gasteiger partial charge in [0.05, 0.1) is 5.56 Å². The molecule has 1 atom stereocenters. The van der Waals surface area contributed by atoms with E-state index in [1.165, 1.54) is 0 Å². The molecule has 4 rings (SSSR count). The highest BCUT2D eigenvalue weighted by Crippen LogP contribution is 2.37. The quantitative estimate of drug-likeness (QED) is 0.525. The van der Waals surface area contributed by atoms with E-state index in [1.807, 2.05) is 46.9 Å². The fraction of sp³-hybridized carbons (Fsp3) is 0.476. The summed E-state index contributed by atoms with van der Waals surface area (Å²) in [5, 5.41) is 1.44. The topological polar surface area (TPSA) is 71.7 Å². The highest BCUT2D eigenvalue weighted by molar-refractivity contribution is 7.15. The second-order valence-corrected chi connectivity index (χ2v) is 10.2. The zero-order chi connectivity index (χ0) is 21.6. The van der Waals surface area contributed by atoms with Crippen molar-refractivity contribution in [3.05, 3.63) is 28.2 Å². The van der Waals surface area contributed by atoms with Gasteiger partial charge in [0.15, 0.2) is 5.58 Å². The van der Waals surface area contributed by atoms with Gasteiger partial charge in [-0.15, -0.1) is 11.3 Å². The summed E-state index contributed by atoms with van der Waals surface area (Å²) in [5.74, 6) is 0. The molecular formula is C21H25ClN4O3S. The summed E-state index contributed by atoms with van der Waals surface area (Å²) < 4.78 is 11.7. The lowest BCUT2D eigenvalue weighted by atomic mass is 10.2. The van der Waals surface area contributed by atoms with Crippen molar-refractivity contribution >= 4 is 46.1 Å². The lowest BCUT2D eigenvalue weighted by Crippen LogP contribution is -2.54. The standard InChI is InChI=1S/C21H25ClN4O3S/c1-12-11-25(20(27)29-21(3,4)5)6-7-26(12)19-24-16-9-14(22)8-15(17(16)28-19)18-23-10-13(2)30-18/h8-10,12H,6-7,11H2,1-5H3. The first kappa shape index (κ1) is 20.9. The van der Waals surface area contributed by atoms with Crippen molar-refractivity contribution in [1.29, 1.82) is 0 Å². The molecule has 3 heterocycles. The summed E-state index contributed by atoms with van der Waals surface area (Å²) in [6.45, 7) is 11.3. The largest absolute Gasteiger partial charge is 0.444 e. The first-order valence-electron chi connectivity index (χ1n) is 9.88. The van der Waals surface area contributed by atoms with Crippen LogP contribution in [-0.4, -0.2) is 52.2 Å². The maximum Gasteiger partial charge on any atom is 0.410 e.